The molecular formula is C27H28FN7O2S. The van der Waals surface area contributed by atoms with E-state index in [9.17, 15) is 10.1 Å². The number of ether oxygens (including phenoxy) is 1. The minimum Gasteiger partial charge on any atom is -0.444 e. The molecule has 0 radical (unpaired) electrons. The molecule has 4 heterocycles. The molecule has 1 saturated heterocycles. The number of anilines is 1. The zero-order chi connectivity index (χ0) is 27.2. The van der Waals surface area contributed by atoms with Gasteiger partial charge in [0.2, 0.25) is 0 Å². The molecule has 38 heavy (non-hydrogen) atoms. The summed E-state index contributed by atoms with van der Waals surface area (Å²) in [5.74, 6) is 0.286. The van der Waals surface area contributed by atoms with Gasteiger partial charge < -0.3 is 14.5 Å². The Bertz CT molecular complexity index is 1570. The first-order chi connectivity index (χ1) is 18.1. The van der Waals surface area contributed by atoms with E-state index in [1.165, 1.54) is 23.7 Å². The third-order valence-electron chi connectivity index (χ3n) is 6.37. The SMILES string of the molecule is Cc1nc(-n2cc(-c3ccccc3F)c3c(N4CCN(C(=O)OC(C)(C)C)CC4C)ncnc32)sc1C#N. The normalized spacial score (nSPS) is 16.1. The molecule has 1 unspecified atom stereocenters. The van der Waals surface area contributed by atoms with Crippen molar-refractivity contribution in [1.82, 2.24) is 24.4 Å². The van der Waals surface area contributed by atoms with Crippen molar-refractivity contribution in [2.75, 3.05) is 24.5 Å². The maximum atomic E-state index is 15.1. The van der Waals surface area contributed by atoms with Crippen molar-refractivity contribution in [3.63, 3.8) is 0 Å². The van der Waals surface area contributed by atoms with E-state index in [1.54, 1.807) is 34.6 Å². The lowest BCUT2D eigenvalue weighted by atomic mass is 10.0. The summed E-state index contributed by atoms with van der Waals surface area (Å²) in [7, 11) is 0. The minimum absolute atomic E-state index is 0.0847. The third-order valence-corrected chi connectivity index (χ3v) is 7.43. The zero-order valence-corrected chi connectivity index (χ0v) is 22.7. The first-order valence-electron chi connectivity index (χ1n) is 12.3. The summed E-state index contributed by atoms with van der Waals surface area (Å²) in [6.45, 7) is 10.8. The van der Waals surface area contributed by atoms with Crippen molar-refractivity contribution in [3.8, 4) is 22.3 Å². The van der Waals surface area contributed by atoms with Crippen LogP contribution in [-0.4, -0.2) is 61.8 Å². The Morgan fingerprint density at radius 1 is 1.21 bits per heavy atom. The number of fused-ring (bicyclic) bond motifs is 1. The van der Waals surface area contributed by atoms with Crippen molar-refractivity contribution in [3.05, 3.63) is 53.2 Å². The van der Waals surface area contributed by atoms with Crippen LogP contribution in [0.2, 0.25) is 0 Å². The summed E-state index contributed by atoms with van der Waals surface area (Å²) < 4.78 is 22.4. The van der Waals surface area contributed by atoms with E-state index >= 15 is 4.39 Å². The molecule has 4 aromatic rings. The van der Waals surface area contributed by atoms with Gasteiger partial charge in [0.25, 0.3) is 0 Å². The Labute approximate surface area is 224 Å². The van der Waals surface area contributed by atoms with Gasteiger partial charge in [0.1, 0.15) is 34.5 Å². The van der Waals surface area contributed by atoms with Crippen LogP contribution < -0.4 is 4.90 Å². The molecule has 0 saturated carbocycles. The molecule has 0 N–H and O–H groups in total. The molecule has 0 bridgehead atoms. The van der Waals surface area contributed by atoms with Gasteiger partial charge in [0.15, 0.2) is 10.8 Å². The Kier molecular flexibility index (Phi) is 6.53. The minimum atomic E-state index is -0.576. The molecule has 11 heteroatoms. The van der Waals surface area contributed by atoms with Crippen LogP contribution in [0.4, 0.5) is 15.0 Å². The van der Waals surface area contributed by atoms with Crippen LogP contribution >= 0.6 is 11.3 Å². The average Bonchev–Trinajstić information content (AvgIpc) is 3.43. The van der Waals surface area contributed by atoms with E-state index < -0.39 is 5.60 Å². The van der Waals surface area contributed by atoms with Gasteiger partial charge >= 0.3 is 6.09 Å². The Balaban J connectivity index is 1.61. The number of rotatable bonds is 3. The van der Waals surface area contributed by atoms with E-state index in [2.05, 4.69) is 25.9 Å². The van der Waals surface area contributed by atoms with Crippen molar-refractivity contribution in [2.45, 2.75) is 46.3 Å². The van der Waals surface area contributed by atoms with Gasteiger partial charge in [0.05, 0.1) is 11.1 Å². The standard InChI is InChI=1S/C27H28FN7O2S/c1-16-13-33(26(36)37-27(3,4)5)10-11-34(16)23-22-19(18-8-6-7-9-20(18)28)14-35(24(22)31-15-30-23)25-32-17(2)21(12-29)38-25/h6-9,14-16H,10-11,13H2,1-5H3. The van der Waals surface area contributed by atoms with Gasteiger partial charge in [0, 0.05) is 43.0 Å². The fraction of sp³-hybridized carbons (Fsp3) is 0.370. The van der Waals surface area contributed by atoms with Gasteiger partial charge in [-0.1, -0.05) is 29.5 Å². The van der Waals surface area contributed by atoms with E-state index in [-0.39, 0.29) is 18.0 Å². The fourth-order valence-corrected chi connectivity index (χ4v) is 5.49. The van der Waals surface area contributed by atoms with Crippen molar-refractivity contribution >= 4 is 34.3 Å². The highest BCUT2D eigenvalue weighted by atomic mass is 32.1. The molecule has 3 aromatic heterocycles. The molecule has 0 spiro atoms. The number of nitrogens with zero attached hydrogens (tertiary/aromatic N) is 7. The van der Waals surface area contributed by atoms with E-state index in [0.717, 1.165) is 0 Å². The number of aromatic nitrogens is 4. The smallest absolute Gasteiger partial charge is 0.410 e. The van der Waals surface area contributed by atoms with Crippen LogP contribution in [0.25, 0.3) is 27.3 Å². The first-order valence-corrected chi connectivity index (χ1v) is 13.1. The lowest BCUT2D eigenvalue weighted by Crippen LogP contribution is -2.54. The summed E-state index contributed by atoms with van der Waals surface area (Å²) in [4.78, 5) is 30.8. The highest BCUT2D eigenvalue weighted by Crippen LogP contribution is 2.39. The van der Waals surface area contributed by atoms with Gasteiger partial charge in [-0.05, 0) is 40.7 Å². The third kappa shape index (κ3) is 4.67. The number of hydrogen-bond acceptors (Lipinski definition) is 8. The number of thiazole rings is 1. The second kappa shape index (κ2) is 9.68. The van der Waals surface area contributed by atoms with Gasteiger partial charge in [-0.15, -0.1) is 0 Å². The Hall–Kier alpha value is -4.04. The highest BCUT2D eigenvalue weighted by Gasteiger charge is 2.32. The predicted octanol–water partition coefficient (Wildman–Crippen LogP) is 5.31. The molecule has 1 fully saturated rings. The maximum absolute atomic E-state index is 15.1. The lowest BCUT2D eigenvalue weighted by Gasteiger charge is -2.41. The molecule has 1 atom stereocenters. The van der Waals surface area contributed by atoms with E-state index in [0.29, 0.717) is 63.3 Å². The number of carbonyl (C=O) groups is 1. The molecule has 196 valence electrons. The van der Waals surface area contributed by atoms with Gasteiger partial charge in [-0.25, -0.2) is 24.1 Å². The summed E-state index contributed by atoms with van der Waals surface area (Å²) in [5.41, 5.74) is 1.66. The number of aryl methyl sites for hydroxylation is 1. The fourth-order valence-electron chi connectivity index (χ4n) is 4.65. The number of piperazine rings is 1. The Morgan fingerprint density at radius 2 is 1.97 bits per heavy atom. The van der Waals surface area contributed by atoms with Crippen LogP contribution in [0, 0.1) is 24.1 Å². The second-order valence-electron chi connectivity index (χ2n) is 10.3. The maximum Gasteiger partial charge on any atom is 0.410 e. The summed E-state index contributed by atoms with van der Waals surface area (Å²) >= 11 is 1.25. The van der Waals surface area contributed by atoms with Crippen LogP contribution in [-0.2, 0) is 4.74 Å². The number of benzene rings is 1. The number of amides is 1. The summed E-state index contributed by atoms with van der Waals surface area (Å²) in [6, 6.07) is 8.67. The zero-order valence-electron chi connectivity index (χ0n) is 21.9. The topological polar surface area (TPSA) is 100 Å². The molecule has 1 amide bonds. The molecule has 5 rings (SSSR count). The Morgan fingerprint density at radius 3 is 2.63 bits per heavy atom. The number of nitriles is 1. The quantitative estimate of drug-likeness (QED) is 0.352. The van der Waals surface area contributed by atoms with Crippen molar-refractivity contribution in [1.29, 1.82) is 5.26 Å². The lowest BCUT2D eigenvalue weighted by molar-refractivity contribution is 0.0218. The van der Waals surface area contributed by atoms with E-state index in [4.69, 9.17) is 4.74 Å². The van der Waals surface area contributed by atoms with Crippen LogP contribution in [0.15, 0.2) is 36.8 Å². The molecule has 1 aliphatic rings. The largest absolute Gasteiger partial charge is 0.444 e. The van der Waals surface area contributed by atoms with E-state index in [1.807, 2.05) is 33.9 Å². The number of halogens is 1. The van der Waals surface area contributed by atoms with Crippen molar-refractivity contribution in [2.24, 2.45) is 0 Å². The first kappa shape index (κ1) is 25.6. The van der Waals surface area contributed by atoms with Crippen LogP contribution in [0.1, 0.15) is 38.3 Å². The van der Waals surface area contributed by atoms with Gasteiger partial charge in [-0.3, -0.25) is 4.57 Å². The summed E-state index contributed by atoms with van der Waals surface area (Å²) in [6.07, 6.45) is 2.95. The molecule has 1 aliphatic heterocycles. The van der Waals surface area contributed by atoms with Crippen LogP contribution in [0.3, 0.4) is 0 Å². The molecular weight excluding hydrogens is 505 g/mol. The summed E-state index contributed by atoms with van der Waals surface area (Å²) in [5, 5.41) is 10.7. The van der Waals surface area contributed by atoms with Crippen LogP contribution in [0.5, 0.6) is 0 Å². The highest BCUT2D eigenvalue weighted by molar-refractivity contribution is 7.14. The van der Waals surface area contributed by atoms with Gasteiger partial charge in [-0.2, -0.15) is 5.26 Å². The number of hydrogen-bond donors (Lipinski definition) is 0. The second-order valence-corrected chi connectivity index (χ2v) is 11.3. The van der Waals surface area contributed by atoms with Crippen molar-refractivity contribution < 1.29 is 13.9 Å². The molecule has 1 aromatic carbocycles. The average molecular weight is 534 g/mol. The monoisotopic (exact) mass is 533 g/mol. The predicted molar refractivity (Wildman–Crippen MR) is 144 cm³/mol. The molecule has 0 aliphatic carbocycles. The molecule has 9 nitrogen and oxygen atoms in total. The number of carbonyl (C=O) groups excluding carboxylic acids is 1.